The molecule has 2 aromatic carbocycles. The van der Waals surface area contributed by atoms with Gasteiger partial charge in [0.15, 0.2) is 0 Å². The number of nitrogens with zero attached hydrogens (tertiary/aromatic N) is 3. The van der Waals surface area contributed by atoms with Crippen LogP contribution in [0.25, 0.3) is 0 Å². The predicted octanol–water partition coefficient (Wildman–Crippen LogP) is 2.00. The van der Waals surface area contributed by atoms with Crippen molar-refractivity contribution < 1.29 is 18.4 Å². The van der Waals surface area contributed by atoms with Crippen LogP contribution in [0.4, 0.5) is 20.2 Å². The maximum Gasteiger partial charge on any atom is 0.313 e. The number of likely N-dealkylation sites (N-methyl/N-ethyl adjacent to an activating group) is 2. The molecule has 7 nitrogen and oxygen atoms in total. The summed E-state index contributed by atoms with van der Waals surface area (Å²) in [6, 6.07) is 8.97. The van der Waals surface area contributed by atoms with E-state index >= 15 is 0 Å². The highest BCUT2D eigenvalue weighted by Crippen LogP contribution is 2.31. The third-order valence-corrected chi connectivity index (χ3v) is 6.43. The Morgan fingerprint density at radius 3 is 2.48 bits per heavy atom. The molecule has 1 atom stereocenters. The summed E-state index contributed by atoms with van der Waals surface area (Å²) in [6.45, 7) is 4.72. The summed E-state index contributed by atoms with van der Waals surface area (Å²) >= 11 is 0. The first-order chi connectivity index (χ1) is 15.8. The average molecular weight is 458 g/mol. The molecule has 2 heterocycles. The van der Waals surface area contributed by atoms with Crippen LogP contribution in [0.1, 0.15) is 17.2 Å². The lowest BCUT2D eigenvalue weighted by molar-refractivity contribution is -0.136. The van der Waals surface area contributed by atoms with Gasteiger partial charge in [0.2, 0.25) is 0 Å². The number of anilines is 2. The number of fused-ring (bicyclic) bond motifs is 1. The molecule has 176 valence electrons. The molecule has 1 fully saturated rings. The Bertz CT molecular complexity index is 1040. The molecule has 33 heavy (non-hydrogen) atoms. The summed E-state index contributed by atoms with van der Waals surface area (Å²) in [7, 11) is 4.15. The average Bonchev–Trinajstić information content (AvgIpc) is 3.17. The van der Waals surface area contributed by atoms with Crippen LogP contribution in [0.15, 0.2) is 36.4 Å². The molecule has 0 aromatic heterocycles. The lowest BCUT2D eigenvalue weighted by Crippen LogP contribution is -2.49. The number of rotatable bonds is 5. The molecule has 2 aromatic rings. The molecule has 9 heteroatoms. The molecular weight excluding hydrogens is 428 g/mol. The first-order valence-corrected chi connectivity index (χ1v) is 11.1. The number of benzene rings is 2. The zero-order valence-electron chi connectivity index (χ0n) is 18.9. The van der Waals surface area contributed by atoms with Gasteiger partial charge in [-0.3, -0.25) is 14.5 Å². The minimum Gasteiger partial charge on any atom is -0.374 e. The Kier molecular flexibility index (Phi) is 6.90. The highest BCUT2D eigenvalue weighted by atomic mass is 19.1. The van der Waals surface area contributed by atoms with E-state index in [4.69, 9.17) is 0 Å². The molecule has 0 unspecified atom stereocenters. The fourth-order valence-corrected chi connectivity index (χ4v) is 4.43. The number of halogens is 2. The maximum atomic E-state index is 13.8. The third-order valence-electron chi connectivity index (χ3n) is 6.43. The Balaban J connectivity index is 1.46. The second-order valence-electron chi connectivity index (χ2n) is 8.70. The van der Waals surface area contributed by atoms with Gasteiger partial charge >= 0.3 is 11.8 Å². The smallest absolute Gasteiger partial charge is 0.313 e. The quantitative estimate of drug-likeness (QED) is 0.673. The van der Waals surface area contributed by atoms with Crippen LogP contribution >= 0.6 is 0 Å². The SMILES string of the molecule is CN1CCN([C@H](CNC(=O)C(=O)Nc2cc(F)ccc2F)c2ccc3c(c2)CCN3C)CC1. The number of hydrogen-bond acceptors (Lipinski definition) is 5. The van der Waals surface area contributed by atoms with Gasteiger partial charge in [0, 0.05) is 58.1 Å². The topological polar surface area (TPSA) is 67.9 Å². The van der Waals surface area contributed by atoms with Gasteiger partial charge in [-0.1, -0.05) is 12.1 Å². The monoisotopic (exact) mass is 457 g/mol. The van der Waals surface area contributed by atoms with Gasteiger partial charge in [-0.25, -0.2) is 8.78 Å². The number of amides is 2. The summed E-state index contributed by atoms with van der Waals surface area (Å²) in [5.41, 5.74) is 3.22. The number of hydrogen-bond donors (Lipinski definition) is 2. The van der Waals surface area contributed by atoms with Crippen molar-refractivity contribution >= 4 is 23.2 Å². The van der Waals surface area contributed by atoms with Crippen LogP contribution in [0, 0.1) is 11.6 Å². The van der Waals surface area contributed by atoms with Crippen LogP contribution in [-0.2, 0) is 16.0 Å². The lowest BCUT2D eigenvalue weighted by Gasteiger charge is -2.38. The van der Waals surface area contributed by atoms with Crippen molar-refractivity contribution in [3.63, 3.8) is 0 Å². The molecule has 2 N–H and O–H groups in total. The van der Waals surface area contributed by atoms with E-state index in [-0.39, 0.29) is 18.3 Å². The van der Waals surface area contributed by atoms with E-state index in [2.05, 4.69) is 57.6 Å². The second-order valence-corrected chi connectivity index (χ2v) is 8.70. The molecule has 0 spiro atoms. The molecule has 0 aliphatic carbocycles. The second kappa shape index (κ2) is 9.84. The molecule has 2 aliphatic heterocycles. The van der Waals surface area contributed by atoms with Gasteiger partial charge in [-0.2, -0.15) is 0 Å². The van der Waals surface area contributed by atoms with Crippen LogP contribution in [0.5, 0.6) is 0 Å². The van der Waals surface area contributed by atoms with Crippen LogP contribution in [0.3, 0.4) is 0 Å². The Labute approximate surface area is 192 Å². The first-order valence-electron chi connectivity index (χ1n) is 11.1. The summed E-state index contributed by atoms with van der Waals surface area (Å²) in [6.07, 6.45) is 0.975. The lowest BCUT2D eigenvalue weighted by atomic mass is 10.00. The largest absolute Gasteiger partial charge is 0.374 e. The van der Waals surface area contributed by atoms with Crippen LogP contribution in [0.2, 0.25) is 0 Å². The van der Waals surface area contributed by atoms with Crippen molar-refractivity contribution in [2.45, 2.75) is 12.5 Å². The first kappa shape index (κ1) is 23.1. The number of carbonyl (C=O) groups is 2. The van der Waals surface area contributed by atoms with E-state index in [1.165, 1.54) is 11.3 Å². The van der Waals surface area contributed by atoms with Crippen LogP contribution < -0.4 is 15.5 Å². The van der Waals surface area contributed by atoms with Crippen LogP contribution in [-0.4, -0.2) is 75.0 Å². The zero-order valence-corrected chi connectivity index (χ0v) is 18.9. The standard InChI is InChI=1S/C24H29F2N5O2/c1-29-9-11-31(12-10-29)22(16-3-6-21-17(13-16)7-8-30(21)2)15-27-23(32)24(33)28-20-14-18(25)4-5-19(20)26/h3-6,13-14,22H,7-12,15H2,1-2H3,(H,27,32)(H,28,33)/t22-/m1/s1. The van der Waals surface area contributed by atoms with E-state index in [1.54, 1.807) is 0 Å². The molecule has 2 amide bonds. The Morgan fingerprint density at radius 1 is 0.970 bits per heavy atom. The van der Waals surface area contributed by atoms with E-state index in [9.17, 15) is 18.4 Å². The number of piperazine rings is 1. The molecule has 4 rings (SSSR count). The molecule has 1 saturated heterocycles. The molecule has 0 radical (unpaired) electrons. The number of nitrogens with one attached hydrogen (secondary N) is 2. The number of carbonyl (C=O) groups excluding carboxylic acids is 2. The van der Waals surface area contributed by atoms with E-state index in [0.717, 1.165) is 62.9 Å². The van der Waals surface area contributed by atoms with Crippen molar-refractivity contribution in [1.82, 2.24) is 15.1 Å². The summed E-state index contributed by atoms with van der Waals surface area (Å²) in [4.78, 5) is 31.6. The third kappa shape index (κ3) is 5.31. The molecule has 0 saturated carbocycles. The summed E-state index contributed by atoms with van der Waals surface area (Å²) in [5, 5.41) is 4.83. The summed E-state index contributed by atoms with van der Waals surface area (Å²) < 4.78 is 27.2. The van der Waals surface area contributed by atoms with Crippen molar-refractivity contribution in [1.29, 1.82) is 0 Å². The molecule has 0 bridgehead atoms. The van der Waals surface area contributed by atoms with E-state index in [1.807, 2.05) is 0 Å². The van der Waals surface area contributed by atoms with Gasteiger partial charge in [0.05, 0.1) is 11.7 Å². The van der Waals surface area contributed by atoms with Gasteiger partial charge in [-0.05, 0) is 42.8 Å². The fraction of sp³-hybridized carbons (Fsp3) is 0.417. The summed E-state index contributed by atoms with van der Waals surface area (Å²) in [5.74, 6) is -3.44. The van der Waals surface area contributed by atoms with E-state index in [0.29, 0.717) is 0 Å². The van der Waals surface area contributed by atoms with Crippen molar-refractivity contribution in [2.75, 3.05) is 63.6 Å². The van der Waals surface area contributed by atoms with Gasteiger partial charge in [-0.15, -0.1) is 0 Å². The Hall–Kier alpha value is -3.04. The van der Waals surface area contributed by atoms with Gasteiger partial charge in [0.1, 0.15) is 11.6 Å². The molecular formula is C24H29F2N5O2. The van der Waals surface area contributed by atoms with Crippen molar-refractivity contribution in [3.05, 3.63) is 59.2 Å². The maximum absolute atomic E-state index is 13.8. The minimum absolute atomic E-state index is 0.0995. The predicted molar refractivity (Wildman–Crippen MR) is 123 cm³/mol. The zero-order chi connectivity index (χ0) is 23.5. The normalized spacial score (nSPS) is 17.5. The highest BCUT2D eigenvalue weighted by Gasteiger charge is 2.27. The van der Waals surface area contributed by atoms with Crippen molar-refractivity contribution in [2.24, 2.45) is 0 Å². The van der Waals surface area contributed by atoms with Gasteiger partial charge in [0.25, 0.3) is 0 Å². The van der Waals surface area contributed by atoms with E-state index < -0.39 is 23.4 Å². The van der Waals surface area contributed by atoms with Crippen molar-refractivity contribution in [3.8, 4) is 0 Å². The minimum atomic E-state index is -1.03. The Morgan fingerprint density at radius 2 is 1.73 bits per heavy atom. The fourth-order valence-electron chi connectivity index (χ4n) is 4.43. The highest BCUT2D eigenvalue weighted by molar-refractivity contribution is 6.39. The molecule has 2 aliphatic rings. The van der Waals surface area contributed by atoms with Gasteiger partial charge < -0.3 is 20.4 Å².